The third-order valence-electron chi connectivity index (χ3n) is 2.32. The maximum absolute atomic E-state index is 5.64. The molecule has 0 aromatic carbocycles. The topological polar surface area (TPSA) is 61.0 Å². The zero-order valence-corrected chi connectivity index (χ0v) is 9.05. The van der Waals surface area contributed by atoms with Crippen LogP contribution in [-0.2, 0) is 6.54 Å². The number of nitrogens with zero attached hydrogens (tertiary/aromatic N) is 2. The molecule has 0 bridgehead atoms. The van der Waals surface area contributed by atoms with Crippen LogP contribution in [0, 0.1) is 0 Å². The summed E-state index contributed by atoms with van der Waals surface area (Å²) >= 11 is 0. The molecule has 0 aliphatic carbocycles. The summed E-state index contributed by atoms with van der Waals surface area (Å²) in [5.41, 5.74) is 8.21. The zero-order valence-electron chi connectivity index (χ0n) is 9.05. The highest BCUT2D eigenvalue weighted by molar-refractivity contribution is 5.56. The van der Waals surface area contributed by atoms with E-state index in [4.69, 9.17) is 10.5 Å². The number of nitrogens with two attached hydrogens (primary N) is 1. The SMILES string of the molecule is COc1cnc(-c2ccccn2)cc1CN. The third kappa shape index (κ3) is 2.01. The van der Waals surface area contributed by atoms with E-state index in [2.05, 4.69) is 9.97 Å². The van der Waals surface area contributed by atoms with E-state index in [0.717, 1.165) is 17.0 Å². The van der Waals surface area contributed by atoms with Gasteiger partial charge in [0.25, 0.3) is 0 Å². The van der Waals surface area contributed by atoms with E-state index in [-0.39, 0.29) is 0 Å². The molecule has 2 N–H and O–H groups in total. The highest BCUT2D eigenvalue weighted by Gasteiger charge is 2.06. The Balaban J connectivity index is 2.44. The Morgan fingerprint density at radius 2 is 2.12 bits per heavy atom. The molecule has 2 heterocycles. The molecule has 0 unspecified atom stereocenters. The van der Waals surface area contributed by atoms with Crippen LogP contribution in [0.2, 0.25) is 0 Å². The van der Waals surface area contributed by atoms with Gasteiger partial charge in [-0.05, 0) is 18.2 Å². The van der Waals surface area contributed by atoms with E-state index in [1.165, 1.54) is 0 Å². The van der Waals surface area contributed by atoms with Gasteiger partial charge in [-0.2, -0.15) is 0 Å². The van der Waals surface area contributed by atoms with Crippen molar-refractivity contribution in [3.8, 4) is 17.1 Å². The van der Waals surface area contributed by atoms with Crippen LogP contribution < -0.4 is 10.5 Å². The number of rotatable bonds is 3. The second-order valence-corrected chi connectivity index (χ2v) is 3.30. The summed E-state index contributed by atoms with van der Waals surface area (Å²) in [4.78, 5) is 8.52. The number of hydrogen-bond acceptors (Lipinski definition) is 4. The molecule has 0 fully saturated rings. The molecule has 16 heavy (non-hydrogen) atoms. The minimum Gasteiger partial charge on any atom is -0.495 e. The molecule has 2 rings (SSSR count). The van der Waals surface area contributed by atoms with Crippen molar-refractivity contribution < 1.29 is 4.74 Å². The van der Waals surface area contributed by atoms with Crippen LogP contribution in [0.1, 0.15) is 5.56 Å². The van der Waals surface area contributed by atoms with Crippen molar-refractivity contribution in [3.63, 3.8) is 0 Å². The van der Waals surface area contributed by atoms with E-state index in [1.807, 2.05) is 24.3 Å². The molecule has 0 radical (unpaired) electrons. The van der Waals surface area contributed by atoms with Crippen LogP contribution in [0.4, 0.5) is 0 Å². The molecule has 2 aromatic rings. The lowest BCUT2D eigenvalue weighted by Gasteiger charge is -2.07. The average Bonchev–Trinajstić information content (AvgIpc) is 2.39. The maximum Gasteiger partial charge on any atom is 0.141 e. The molecule has 0 amide bonds. The minimum absolute atomic E-state index is 0.422. The number of pyridine rings is 2. The predicted octanol–water partition coefficient (Wildman–Crippen LogP) is 1.61. The fraction of sp³-hybridized carbons (Fsp3) is 0.167. The van der Waals surface area contributed by atoms with Gasteiger partial charge < -0.3 is 10.5 Å². The van der Waals surface area contributed by atoms with Crippen LogP contribution in [0.3, 0.4) is 0 Å². The summed E-state index contributed by atoms with van der Waals surface area (Å²) in [6, 6.07) is 7.61. The second-order valence-electron chi connectivity index (χ2n) is 3.30. The van der Waals surface area contributed by atoms with Gasteiger partial charge in [0.15, 0.2) is 0 Å². The van der Waals surface area contributed by atoms with E-state index in [0.29, 0.717) is 12.3 Å². The number of aromatic nitrogens is 2. The molecule has 0 saturated heterocycles. The lowest BCUT2D eigenvalue weighted by molar-refractivity contribution is 0.408. The van der Waals surface area contributed by atoms with Gasteiger partial charge in [0.05, 0.1) is 24.7 Å². The monoisotopic (exact) mass is 215 g/mol. The largest absolute Gasteiger partial charge is 0.495 e. The molecule has 4 heteroatoms. The summed E-state index contributed by atoms with van der Waals surface area (Å²) in [5.74, 6) is 0.710. The number of methoxy groups -OCH3 is 1. The highest BCUT2D eigenvalue weighted by Crippen LogP contribution is 2.22. The summed E-state index contributed by atoms with van der Waals surface area (Å²) < 4.78 is 5.16. The molecule has 4 nitrogen and oxygen atoms in total. The van der Waals surface area contributed by atoms with Crippen molar-refractivity contribution in [3.05, 3.63) is 42.2 Å². The Hall–Kier alpha value is -1.94. The zero-order chi connectivity index (χ0) is 11.4. The molecule has 0 atom stereocenters. The van der Waals surface area contributed by atoms with Crippen LogP contribution in [0.25, 0.3) is 11.4 Å². The molecule has 82 valence electrons. The minimum atomic E-state index is 0.422. The summed E-state index contributed by atoms with van der Waals surface area (Å²) in [5, 5.41) is 0. The first-order valence-corrected chi connectivity index (χ1v) is 4.99. The second kappa shape index (κ2) is 4.72. The highest BCUT2D eigenvalue weighted by atomic mass is 16.5. The standard InChI is InChI=1S/C12H13N3O/c1-16-12-8-15-11(6-9(12)7-13)10-4-2-3-5-14-10/h2-6,8H,7,13H2,1H3. The van der Waals surface area contributed by atoms with Gasteiger partial charge >= 0.3 is 0 Å². The van der Waals surface area contributed by atoms with Crippen molar-refractivity contribution >= 4 is 0 Å². The van der Waals surface area contributed by atoms with Gasteiger partial charge in [-0.3, -0.25) is 9.97 Å². The first kappa shape index (κ1) is 10.6. The van der Waals surface area contributed by atoms with Gasteiger partial charge in [0.2, 0.25) is 0 Å². The molecule has 0 aliphatic rings. The average molecular weight is 215 g/mol. The smallest absolute Gasteiger partial charge is 0.141 e. The van der Waals surface area contributed by atoms with E-state index < -0.39 is 0 Å². The Bertz CT molecular complexity index is 471. The third-order valence-corrected chi connectivity index (χ3v) is 2.32. The molecule has 0 aliphatic heterocycles. The van der Waals surface area contributed by atoms with Crippen LogP contribution in [0.5, 0.6) is 5.75 Å². The van der Waals surface area contributed by atoms with Crippen molar-refractivity contribution in [2.24, 2.45) is 5.73 Å². The first-order chi connectivity index (χ1) is 7.85. The predicted molar refractivity (Wildman–Crippen MR) is 61.9 cm³/mol. The Morgan fingerprint density at radius 1 is 1.25 bits per heavy atom. The maximum atomic E-state index is 5.64. The van der Waals surface area contributed by atoms with Gasteiger partial charge in [0, 0.05) is 18.3 Å². The van der Waals surface area contributed by atoms with Crippen LogP contribution in [-0.4, -0.2) is 17.1 Å². The van der Waals surface area contributed by atoms with Crippen molar-refractivity contribution in [1.82, 2.24) is 9.97 Å². The lowest BCUT2D eigenvalue weighted by atomic mass is 10.1. The van der Waals surface area contributed by atoms with Gasteiger partial charge in [-0.1, -0.05) is 6.07 Å². The fourth-order valence-electron chi connectivity index (χ4n) is 1.48. The molecular formula is C12H13N3O. The number of ether oxygens (including phenoxy) is 1. The van der Waals surface area contributed by atoms with Crippen molar-refractivity contribution in [2.75, 3.05) is 7.11 Å². The normalized spacial score (nSPS) is 10.1. The molecular weight excluding hydrogens is 202 g/mol. The summed E-state index contributed by atoms with van der Waals surface area (Å²) in [6.45, 7) is 0.422. The van der Waals surface area contributed by atoms with Gasteiger partial charge in [-0.15, -0.1) is 0 Å². The van der Waals surface area contributed by atoms with Crippen molar-refractivity contribution in [2.45, 2.75) is 6.54 Å². The first-order valence-electron chi connectivity index (χ1n) is 4.99. The molecule has 0 spiro atoms. The van der Waals surface area contributed by atoms with E-state index in [9.17, 15) is 0 Å². The van der Waals surface area contributed by atoms with Crippen LogP contribution >= 0.6 is 0 Å². The van der Waals surface area contributed by atoms with Gasteiger partial charge in [-0.25, -0.2) is 0 Å². The van der Waals surface area contributed by atoms with E-state index in [1.54, 1.807) is 19.5 Å². The van der Waals surface area contributed by atoms with Crippen LogP contribution in [0.15, 0.2) is 36.7 Å². The fourth-order valence-corrected chi connectivity index (χ4v) is 1.48. The Morgan fingerprint density at radius 3 is 2.75 bits per heavy atom. The Kier molecular flexibility index (Phi) is 3.12. The van der Waals surface area contributed by atoms with Gasteiger partial charge in [0.1, 0.15) is 5.75 Å². The lowest BCUT2D eigenvalue weighted by Crippen LogP contribution is -2.01. The van der Waals surface area contributed by atoms with E-state index >= 15 is 0 Å². The molecule has 2 aromatic heterocycles. The Labute approximate surface area is 94.1 Å². The summed E-state index contributed by atoms with van der Waals surface area (Å²) in [6.07, 6.45) is 3.41. The number of hydrogen-bond donors (Lipinski definition) is 1. The molecule has 0 saturated carbocycles. The van der Waals surface area contributed by atoms with Crippen molar-refractivity contribution in [1.29, 1.82) is 0 Å². The quantitative estimate of drug-likeness (QED) is 0.845. The summed E-state index contributed by atoms with van der Waals surface area (Å²) in [7, 11) is 1.61.